The van der Waals surface area contributed by atoms with Gasteiger partial charge < -0.3 is 5.32 Å². The van der Waals surface area contributed by atoms with Gasteiger partial charge in [0.1, 0.15) is 0 Å². The minimum atomic E-state index is 0.581. The summed E-state index contributed by atoms with van der Waals surface area (Å²) in [6.07, 6.45) is 2.36. The lowest BCUT2D eigenvalue weighted by Gasteiger charge is -2.12. The zero-order valence-corrected chi connectivity index (χ0v) is 11.7. The van der Waals surface area contributed by atoms with Crippen LogP contribution in [0.2, 0.25) is 0 Å². The molecule has 19 heavy (non-hydrogen) atoms. The molecule has 0 bridgehead atoms. The third-order valence-corrected chi connectivity index (χ3v) is 3.48. The zero-order valence-electron chi connectivity index (χ0n) is 11.7. The van der Waals surface area contributed by atoms with E-state index in [1.807, 2.05) is 0 Å². The SMILES string of the molecule is C[C@H](CNCCCc1ccccc1)c1ccccc1. The summed E-state index contributed by atoms with van der Waals surface area (Å²) in [4.78, 5) is 0. The maximum atomic E-state index is 3.55. The molecule has 0 radical (unpaired) electrons. The Morgan fingerprint density at radius 3 is 2.21 bits per heavy atom. The first-order valence-corrected chi connectivity index (χ1v) is 7.16. The van der Waals surface area contributed by atoms with Crippen molar-refractivity contribution in [3.8, 4) is 0 Å². The number of hydrogen-bond acceptors (Lipinski definition) is 1. The molecule has 100 valence electrons. The van der Waals surface area contributed by atoms with Gasteiger partial charge in [-0.25, -0.2) is 0 Å². The Morgan fingerprint density at radius 1 is 0.895 bits per heavy atom. The minimum Gasteiger partial charge on any atom is -0.316 e. The van der Waals surface area contributed by atoms with Gasteiger partial charge in [-0.05, 0) is 36.4 Å². The first-order valence-electron chi connectivity index (χ1n) is 7.16. The Balaban J connectivity index is 1.62. The molecule has 0 fully saturated rings. The molecule has 0 heterocycles. The van der Waals surface area contributed by atoms with Gasteiger partial charge in [0.2, 0.25) is 0 Å². The Hall–Kier alpha value is -1.60. The highest BCUT2D eigenvalue weighted by molar-refractivity contribution is 5.19. The molecule has 0 spiro atoms. The van der Waals surface area contributed by atoms with Crippen LogP contribution in [0, 0.1) is 0 Å². The van der Waals surface area contributed by atoms with Crippen LogP contribution in [-0.4, -0.2) is 13.1 Å². The lowest BCUT2D eigenvalue weighted by Crippen LogP contribution is -2.21. The van der Waals surface area contributed by atoms with E-state index < -0.39 is 0 Å². The Labute approximate surface area is 116 Å². The monoisotopic (exact) mass is 253 g/mol. The maximum Gasteiger partial charge on any atom is 0.00174 e. The van der Waals surface area contributed by atoms with E-state index in [0.717, 1.165) is 19.5 Å². The molecule has 1 nitrogen and oxygen atoms in total. The first-order chi connectivity index (χ1) is 9.36. The molecule has 0 aromatic heterocycles. The van der Waals surface area contributed by atoms with Gasteiger partial charge in [-0.3, -0.25) is 0 Å². The van der Waals surface area contributed by atoms with E-state index in [-0.39, 0.29) is 0 Å². The second kappa shape index (κ2) is 7.75. The van der Waals surface area contributed by atoms with Crippen molar-refractivity contribution >= 4 is 0 Å². The highest BCUT2D eigenvalue weighted by Gasteiger charge is 2.03. The molecule has 1 N–H and O–H groups in total. The maximum absolute atomic E-state index is 3.55. The third kappa shape index (κ3) is 4.88. The normalized spacial score (nSPS) is 12.3. The molecule has 0 saturated carbocycles. The van der Waals surface area contributed by atoms with E-state index in [1.165, 1.54) is 17.5 Å². The summed E-state index contributed by atoms with van der Waals surface area (Å²) >= 11 is 0. The third-order valence-electron chi connectivity index (χ3n) is 3.48. The van der Waals surface area contributed by atoms with Gasteiger partial charge in [0.05, 0.1) is 0 Å². The average Bonchev–Trinajstić information content (AvgIpc) is 2.49. The summed E-state index contributed by atoms with van der Waals surface area (Å²) in [6.45, 7) is 4.42. The van der Waals surface area contributed by atoms with E-state index in [9.17, 15) is 0 Å². The van der Waals surface area contributed by atoms with Crippen molar-refractivity contribution in [3.05, 3.63) is 71.8 Å². The van der Waals surface area contributed by atoms with Crippen LogP contribution in [0.5, 0.6) is 0 Å². The van der Waals surface area contributed by atoms with Crippen LogP contribution < -0.4 is 5.32 Å². The highest BCUT2D eigenvalue weighted by Crippen LogP contribution is 2.12. The second-order valence-electron chi connectivity index (χ2n) is 5.11. The molecule has 0 saturated heterocycles. The van der Waals surface area contributed by atoms with E-state index in [1.54, 1.807) is 0 Å². The minimum absolute atomic E-state index is 0.581. The summed E-state index contributed by atoms with van der Waals surface area (Å²) in [5.41, 5.74) is 2.85. The van der Waals surface area contributed by atoms with Crippen molar-refractivity contribution in [2.24, 2.45) is 0 Å². The molecule has 2 aromatic carbocycles. The van der Waals surface area contributed by atoms with Crippen LogP contribution in [0.3, 0.4) is 0 Å². The molecule has 0 amide bonds. The van der Waals surface area contributed by atoms with Crippen molar-refractivity contribution in [3.63, 3.8) is 0 Å². The first kappa shape index (κ1) is 13.8. The number of benzene rings is 2. The summed E-state index contributed by atoms with van der Waals surface area (Å²) in [5, 5.41) is 3.55. The van der Waals surface area contributed by atoms with Gasteiger partial charge in [-0.15, -0.1) is 0 Å². The molecule has 1 atom stereocenters. The molecule has 1 heteroatoms. The van der Waals surface area contributed by atoms with Gasteiger partial charge >= 0.3 is 0 Å². The lowest BCUT2D eigenvalue weighted by molar-refractivity contribution is 0.596. The van der Waals surface area contributed by atoms with Gasteiger partial charge in [0.15, 0.2) is 0 Å². The molecular weight excluding hydrogens is 230 g/mol. The van der Waals surface area contributed by atoms with Crippen LogP contribution in [0.15, 0.2) is 60.7 Å². The number of nitrogens with one attached hydrogen (secondary N) is 1. The van der Waals surface area contributed by atoms with Crippen LogP contribution >= 0.6 is 0 Å². The van der Waals surface area contributed by atoms with Crippen LogP contribution in [0.25, 0.3) is 0 Å². The molecule has 0 unspecified atom stereocenters. The predicted octanol–water partition coefficient (Wildman–Crippen LogP) is 4.01. The van der Waals surface area contributed by atoms with Gasteiger partial charge in [-0.2, -0.15) is 0 Å². The highest BCUT2D eigenvalue weighted by atomic mass is 14.8. The van der Waals surface area contributed by atoms with Crippen molar-refractivity contribution < 1.29 is 0 Å². The number of hydrogen-bond donors (Lipinski definition) is 1. The van der Waals surface area contributed by atoms with Crippen LogP contribution in [0.1, 0.15) is 30.4 Å². The molecule has 2 aromatic rings. The van der Waals surface area contributed by atoms with Crippen molar-refractivity contribution in [2.75, 3.05) is 13.1 Å². The molecule has 0 aliphatic rings. The predicted molar refractivity (Wildman–Crippen MR) is 82.5 cm³/mol. The largest absolute Gasteiger partial charge is 0.316 e. The number of aryl methyl sites for hydroxylation is 1. The fraction of sp³-hybridized carbons (Fsp3) is 0.333. The fourth-order valence-corrected chi connectivity index (χ4v) is 2.28. The summed E-state index contributed by atoms with van der Waals surface area (Å²) in [7, 11) is 0. The van der Waals surface area contributed by atoms with Gasteiger partial charge in [0.25, 0.3) is 0 Å². The molecular formula is C18H23N. The second-order valence-corrected chi connectivity index (χ2v) is 5.11. The standard InChI is InChI=1S/C18H23N/c1-16(18-12-6-3-7-13-18)15-19-14-8-11-17-9-4-2-5-10-17/h2-7,9-10,12-13,16,19H,8,11,14-15H2,1H3/t16-/m1/s1. The Kier molecular flexibility index (Phi) is 5.64. The van der Waals surface area contributed by atoms with Crippen molar-refractivity contribution in [1.82, 2.24) is 5.32 Å². The smallest absolute Gasteiger partial charge is 0.00174 e. The molecule has 2 rings (SSSR count). The average molecular weight is 253 g/mol. The van der Waals surface area contributed by atoms with E-state index >= 15 is 0 Å². The van der Waals surface area contributed by atoms with Crippen molar-refractivity contribution in [2.45, 2.75) is 25.7 Å². The Bertz CT molecular complexity index is 450. The zero-order chi connectivity index (χ0) is 13.3. The molecule has 0 aliphatic heterocycles. The van der Waals surface area contributed by atoms with Crippen LogP contribution in [0.4, 0.5) is 0 Å². The van der Waals surface area contributed by atoms with E-state index in [2.05, 4.69) is 72.9 Å². The Morgan fingerprint density at radius 2 is 1.53 bits per heavy atom. The number of rotatable bonds is 7. The fourth-order valence-electron chi connectivity index (χ4n) is 2.28. The summed E-state index contributed by atoms with van der Waals surface area (Å²) < 4.78 is 0. The van der Waals surface area contributed by atoms with Crippen LogP contribution in [-0.2, 0) is 6.42 Å². The van der Waals surface area contributed by atoms with Gasteiger partial charge in [-0.1, -0.05) is 67.6 Å². The van der Waals surface area contributed by atoms with E-state index in [4.69, 9.17) is 0 Å². The molecule has 0 aliphatic carbocycles. The summed E-state index contributed by atoms with van der Waals surface area (Å²) in [5.74, 6) is 0.581. The van der Waals surface area contributed by atoms with Crippen molar-refractivity contribution in [1.29, 1.82) is 0 Å². The summed E-state index contributed by atoms with van der Waals surface area (Å²) in [6, 6.07) is 21.4. The topological polar surface area (TPSA) is 12.0 Å². The lowest BCUT2D eigenvalue weighted by atomic mass is 10.0. The quantitative estimate of drug-likeness (QED) is 0.735. The van der Waals surface area contributed by atoms with E-state index in [0.29, 0.717) is 5.92 Å². The van der Waals surface area contributed by atoms with Gasteiger partial charge in [0, 0.05) is 6.54 Å².